The van der Waals surface area contributed by atoms with Crippen LogP contribution in [0.15, 0.2) is 12.1 Å². The van der Waals surface area contributed by atoms with Crippen LogP contribution in [0, 0.1) is 0 Å². The summed E-state index contributed by atoms with van der Waals surface area (Å²) in [5, 5.41) is 12.2. The van der Waals surface area contributed by atoms with E-state index in [2.05, 4.69) is 5.32 Å². The van der Waals surface area contributed by atoms with Gasteiger partial charge in [-0.05, 0) is 6.07 Å². The maximum atomic E-state index is 10.4. The van der Waals surface area contributed by atoms with Gasteiger partial charge in [0.25, 0.3) is 0 Å². The van der Waals surface area contributed by atoms with Crippen molar-refractivity contribution in [1.82, 2.24) is 0 Å². The summed E-state index contributed by atoms with van der Waals surface area (Å²) in [6, 6.07) is 2.88. The molecule has 0 radical (unpaired) electrons. The molecule has 5 heteroatoms. The van der Waals surface area contributed by atoms with Gasteiger partial charge in [-0.2, -0.15) is 0 Å². The SMILES string of the molecule is O=CC1Nc2cc(Cl)c(O)cc2O1. The highest BCUT2D eigenvalue weighted by atomic mass is 35.5. The topological polar surface area (TPSA) is 58.6 Å². The van der Waals surface area contributed by atoms with Gasteiger partial charge in [-0.15, -0.1) is 0 Å². The number of halogens is 1. The smallest absolute Gasteiger partial charge is 0.226 e. The van der Waals surface area contributed by atoms with E-state index >= 15 is 0 Å². The zero-order valence-corrected chi connectivity index (χ0v) is 7.21. The number of nitrogens with one attached hydrogen (secondary N) is 1. The van der Waals surface area contributed by atoms with Crippen molar-refractivity contribution in [2.24, 2.45) is 0 Å². The lowest BCUT2D eigenvalue weighted by Crippen LogP contribution is -2.20. The van der Waals surface area contributed by atoms with Gasteiger partial charge in [0.15, 0.2) is 6.29 Å². The number of aromatic hydroxyl groups is 1. The van der Waals surface area contributed by atoms with Crippen LogP contribution in [0.3, 0.4) is 0 Å². The molecule has 0 amide bonds. The van der Waals surface area contributed by atoms with Crippen molar-refractivity contribution in [3.8, 4) is 11.5 Å². The number of hydrogen-bond donors (Lipinski definition) is 2. The minimum atomic E-state index is -0.687. The molecule has 0 saturated heterocycles. The Morgan fingerprint density at radius 2 is 2.38 bits per heavy atom. The van der Waals surface area contributed by atoms with Gasteiger partial charge >= 0.3 is 0 Å². The van der Waals surface area contributed by atoms with Gasteiger partial charge in [0, 0.05) is 6.07 Å². The summed E-state index contributed by atoms with van der Waals surface area (Å²) in [6.07, 6.45) is -0.0572. The van der Waals surface area contributed by atoms with Crippen molar-refractivity contribution >= 4 is 23.6 Å². The number of carbonyl (C=O) groups is 1. The normalized spacial score (nSPS) is 18.7. The third-order valence-corrected chi connectivity index (χ3v) is 2.03. The fourth-order valence-corrected chi connectivity index (χ4v) is 1.30. The highest BCUT2D eigenvalue weighted by Gasteiger charge is 2.22. The molecule has 1 atom stereocenters. The zero-order chi connectivity index (χ0) is 9.42. The van der Waals surface area contributed by atoms with Crippen molar-refractivity contribution in [1.29, 1.82) is 0 Å². The van der Waals surface area contributed by atoms with Gasteiger partial charge < -0.3 is 15.2 Å². The molecule has 0 fully saturated rings. The predicted octanol–water partition coefficient (Wildman–Crippen LogP) is 1.37. The Morgan fingerprint density at radius 3 is 3.08 bits per heavy atom. The summed E-state index contributed by atoms with van der Waals surface area (Å²) >= 11 is 5.65. The standard InChI is InChI=1S/C8H6ClNO3/c9-4-1-5-7(2-6(4)12)13-8(3-11)10-5/h1-3,8,10,12H. The maximum Gasteiger partial charge on any atom is 0.226 e. The molecule has 13 heavy (non-hydrogen) atoms. The van der Waals surface area contributed by atoms with E-state index in [9.17, 15) is 9.90 Å². The molecule has 0 aliphatic carbocycles. The van der Waals surface area contributed by atoms with Crippen LogP contribution in [0.2, 0.25) is 5.02 Å². The first-order valence-electron chi connectivity index (χ1n) is 3.61. The van der Waals surface area contributed by atoms with Gasteiger partial charge in [-0.3, -0.25) is 4.79 Å². The van der Waals surface area contributed by atoms with Crippen molar-refractivity contribution < 1.29 is 14.6 Å². The van der Waals surface area contributed by atoms with E-state index in [-0.39, 0.29) is 10.8 Å². The fraction of sp³-hybridized carbons (Fsp3) is 0.125. The molecule has 0 aromatic heterocycles. The molecule has 0 saturated carbocycles. The Labute approximate surface area is 79.1 Å². The Balaban J connectivity index is 2.41. The van der Waals surface area contributed by atoms with E-state index in [4.69, 9.17) is 16.3 Å². The van der Waals surface area contributed by atoms with E-state index in [1.807, 2.05) is 0 Å². The first-order valence-corrected chi connectivity index (χ1v) is 3.99. The second kappa shape index (κ2) is 2.81. The van der Waals surface area contributed by atoms with Crippen molar-refractivity contribution in [2.75, 3.05) is 5.32 Å². The van der Waals surface area contributed by atoms with E-state index in [1.165, 1.54) is 12.1 Å². The lowest BCUT2D eigenvalue weighted by molar-refractivity contribution is -0.112. The van der Waals surface area contributed by atoms with E-state index in [1.54, 1.807) is 0 Å². The summed E-state index contributed by atoms with van der Waals surface area (Å²) in [7, 11) is 0. The quantitative estimate of drug-likeness (QED) is 0.530. The summed E-state index contributed by atoms with van der Waals surface area (Å²) in [6.45, 7) is 0. The number of rotatable bonds is 1. The first kappa shape index (κ1) is 8.19. The lowest BCUT2D eigenvalue weighted by Gasteiger charge is -2.00. The Morgan fingerprint density at radius 1 is 1.62 bits per heavy atom. The number of aldehydes is 1. The van der Waals surface area contributed by atoms with Crippen molar-refractivity contribution in [3.63, 3.8) is 0 Å². The fourth-order valence-electron chi connectivity index (χ4n) is 1.13. The molecule has 1 aliphatic heterocycles. The van der Waals surface area contributed by atoms with Crippen molar-refractivity contribution in [3.05, 3.63) is 17.2 Å². The minimum absolute atomic E-state index is 0.0613. The Bertz CT molecular complexity index is 336. The molecular weight excluding hydrogens is 194 g/mol. The second-order valence-electron chi connectivity index (χ2n) is 2.62. The largest absolute Gasteiger partial charge is 0.506 e. The van der Waals surface area contributed by atoms with Gasteiger partial charge in [0.1, 0.15) is 11.5 Å². The second-order valence-corrected chi connectivity index (χ2v) is 3.03. The molecule has 1 aliphatic rings. The first-order chi connectivity index (χ1) is 6.20. The summed E-state index contributed by atoms with van der Waals surface area (Å²) in [5.41, 5.74) is 0.611. The predicted molar refractivity (Wildman–Crippen MR) is 47.2 cm³/mol. The van der Waals surface area contributed by atoms with Crippen molar-refractivity contribution in [2.45, 2.75) is 6.23 Å². The summed E-state index contributed by atoms with van der Waals surface area (Å²) < 4.78 is 5.09. The summed E-state index contributed by atoms with van der Waals surface area (Å²) in [4.78, 5) is 10.4. The number of anilines is 1. The monoisotopic (exact) mass is 199 g/mol. The number of fused-ring (bicyclic) bond motifs is 1. The summed E-state index contributed by atoms with van der Waals surface area (Å²) in [5.74, 6) is 0.368. The molecule has 0 bridgehead atoms. The molecule has 4 nitrogen and oxygen atoms in total. The third-order valence-electron chi connectivity index (χ3n) is 1.72. The molecule has 0 spiro atoms. The van der Waals surface area contributed by atoms with Gasteiger partial charge in [0.2, 0.25) is 6.23 Å². The van der Waals surface area contributed by atoms with E-state index in [0.29, 0.717) is 17.7 Å². The van der Waals surface area contributed by atoms with Gasteiger partial charge in [-0.1, -0.05) is 11.6 Å². The van der Waals surface area contributed by atoms with Crippen LogP contribution in [0.5, 0.6) is 11.5 Å². The number of hydrogen-bond acceptors (Lipinski definition) is 4. The zero-order valence-electron chi connectivity index (χ0n) is 6.45. The molecule has 2 N–H and O–H groups in total. The average molecular weight is 200 g/mol. The maximum absolute atomic E-state index is 10.4. The van der Waals surface area contributed by atoms with Gasteiger partial charge in [-0.25, -0.2) is 0 Å². The van der Waals surface area contributed by atoms with Gasteiger partial charge in [0.05, 0.1) is 10.7 Å². The average Bonchev–Trinajstić information content (AvgIpc) is 2.48. The molecule has 1 unspecified atom stereocenters. The molecule has 1 heterocycles. The van der Waals surface area contributed by atoms with Crippen LogP contribution in [-0.4, -0.2) is 17.6 Å². The highest BCUT2D eigenvalue weighted by Crippen LogP contribution is 2.38. The van der Waals surface area contributed by atoms with Crippen LogP contribution in [0.4, 0.5) is 5.69 Å². The van der Waals surface area contributed by atoms with Crippen LogP contribution >= 0.6 is 11.6 Å². The van der Waals surface area contributed by atoms with Crippen LogP contribution in [0.25, 0.3) is 0 Å². The number of benzene rings is 1. The number of ether oxygens (including phenoxy) is 1. The Hall–Kier alpha value is -1.42. The van der Waals surface area contributed by atoms with Crippen LogP contribution in [-0.2, 0) is 4.79 Å². The highest BCUT2D eigenvalue weighted by molar-refractivity contribution is 6.32. The minimum Gasteiger partial charge on any atom is -0.506 e. The van der Waals surface area contributed by atoms with E-state index in [0.717, 1.165) is 0 Å². The number of phenols is 1. The Kier molecular flexibility index (Phi) is 1.77. The molecule has 68 valence electrons. The third kappa shape index (κ3) is 1.29. The van der Waals surface area contributed by atoms with Crippen LogP contribution < -0.4 is 10.1 Å². The van der Waals surface area contributed by atoms with E-state index < -0.39 is 6.23 Å². The molecule has 1 aromatic carbocycles. The molecule has 1 aromatic rings. The lowest BCUT2D eigenvalue weighted by atomic mass is 10.3. The van der Waals surface area contributed by atoms with Crippen LogP contribution in [0.1, 0.15) is 0 Å². The molecule has 2 rings (SSSR count). The molecular formula is C8H6ClNO3. The number of carbonyl (C=O) groups excluding carboxylic acids is 1. The number of phenolic OH excluding ortho intramolecular Hbond substituents is 1.